The van der Waals surface area contributed by atoms with Gasteiger partial charge in [0.2, 0.25) is 0 Å². The highest BCUT2D eigenvalue weighted by atomic mass is 15.3. The van der Waals surface area contributed by atoms with Crippen LogP contribution >= 0.6 is 0 Å². The van der Waals surface area contributed by atoms with Crippen molar-refractivity contribution in [1.29, 1.82) is 0 Å². The molecule has 2 aromatic heterocycles. The number of nitrogens with zero attached hydrogens (tertiary/aromatic N) is 4. The first kappa shape index (κ1) is 8.84. The van der Waals surface area contributed by atoms with E-state index in [4.69, 9.17) is 0 Å². The zero-order valence-corrected chi connectivity index (χ0v) is 8.41. The largest absolute Gasteiger partial charge is 0.298 e. The van der Waals surface area contributed by atoms with Gasteiger partial charge in [-0.05, 0) is 12.1 Å². The summed E-state index contributed by atoms with van der Waals surface area (Å²) in [6, 6.07) is 10.00. The van der Waals surface area contributed by atoms with Gasteiger partial charge in [0.15, 0.2) is 5.82 Å². The minimum Gasteiger partial charge on any atom is -0.298 e. The van der Waals surface area contributed by atoms with E-state index in [1.54, 1.807) is 12.4 Å². The molecule has 0 amide bonds. The number of para-hydroxylation sites is 1. The molecule has 0 atom stereocenters. The second-order valence-electron chi connectivity index (χ2n) is 3.32. The molecule has 0 aliphatic heterocycles. The Bertz CT molecular complexity index is 567. The van der Waals surface area contributed by atoms with Crippen LogP contribution in [0.1, 0.15) is 0 Å². The van der Waals surface area contributed by atoms with E-state index in [2.05, 4.69) is 20.4 Å². The molecule has 2 heterocycles. The molecule has 0 radical (unpaired) electrons. The van der Waals surface area contributed by atoms with Gasteiger partial charge in [0.1, 0.15) is 5.69 Å². The Morgan fingerprint density at radius 2 is 2.00 bits per heavy atom. The average molecular weight is 211 g/mol. The molecule has 0 saturated carbocycles. The molecule has 0 saturated heterocycles. The van der Waals surface area contributed by atoms with Crippen LogP contribution in [0.5, 0.6) is 0 Å². The first-order valence-corrected chi connectivity index (χ1v) is 4.91. The number of rotatable bonds is 2. The van der Waals surface area contributed by atoms with Crippen molar-refractivity contribution >= 4 is 0 Å². The van der Waals surface area contributed by atoms with Crippen molar-refractivity contribution in [3.8, 4) is 17.2 Å². The molecule has 1 aromatic carbocycles. The predicted octanol–water partition coefficient (Wildman–Crippen LogP) is 1.66. The first-order valence-electron chi connectivity index (χ1n) is 4.91. The molecule has 1 N–H and O–H groups in total. The SMILES string of the molecule is c1ccc(-n2ccnc2-c2c[nH]nn2)cc1. The van der Waals surface area contributed by atoms with Gasteiger partial charge in [-0.2, -0.15) is 0 Å². The third-order valence-corrected chi connectivity index (χ3v) is 2.32. The van der Waals surface area contributed by atoms with Crippen molar-refractivity contribution in [3.63, 3.8) is 0 Å². The summed E-state index contributed by atoms with van der Waals surface area (Å²) in [5.74, 6) is 0.778. The van der Waals surface area contributed by atoms with E-state index in [1.165, 1.54) is 0 Å². The standard InChI is InChI=1S/C11H9N5/c1-2-4-9(5-3-1)16-7-6-12-11(16)10-8-13-15-14-10/h1-8H,(H,13,14,15). The third-order valence-electron chi connectivity index (χ3n) is 2.32. The molecular formula is C11H9N5. The number of H-pyrrole nitrogens is 1. The fraction of sp³-hybridized carbons (Fsp3) is 0. The lowest BCUT2D eigenvalue weighted by atomic mass is 10.3. The lowest BCUT2D eigenvalue weighted by molar-refractivity contribution is 0.935. The molecule has 0 bridgehead atoms. The number of hydrogen-bond acceptors (Lipinski definition) is 3. The maximum atomic E-state index is 4.28. The van der Waals surface area contributed by atoms with Gasteiger partial charge in [-0.15, -0.1) is 5.10 Å². The van der Waals surface area contributed by atoms with E-state index in [0.29, 0.717) is 0 Å². The Morgan fingerprint density at radius 1 is 1.12 bits per heavy atom. The van der Waals surface area contributed by atoms with Crippen LogP contribution in [0.15, 0.2) is 48.9 Å². The molecule has 3 rings (SSSR count). The minimum atomic E-state index is 0.730. The third kappa shape index (κ3) is 1.38. The summed E-state index contributed by atoms with van der Waals surface area (Å²) in [7, 11) is 0. The molecule has 5 heteroatoms. The predicted molar refractivity (Wildman–Crippen MR) is 58.9 cm³/mol. The lowest BCUT2D eigenvalue weighted by Gasteiger charge is -2.04. The molecular weight excluding hydrogens is 202 g/mol. The minimum absolute atomic E-state index is 0.730. The number of hydrogen-bond donors (Lipinski definition) is 1. The summed E-state index contributed by atoms with van der Waals surface area (Å²) < 4.78 is 1.97. The van der Waals surface area contributed by atoms with Crippen LogP contribution in [-0.4, -0.2) is 25.0 Å². The zero-order chi connectivity index (χ0) is 10.8. The van der Waals surface area contributed by atoms with Crippen molar-refractivity contribution in [2.75, 3.05) is 0 Å². The highest BCUT2D eigenvalue weighted by Gasteiger charge is 2.09. The van der Waals surface area contributed by atoms with Crippen LogP contribution in [0.25, 0.3) is 17.2 Å². The van der Waals surface area contributed by atoms with Crippen molar-refractivity contribution in [3.05, 3.63) is 48.9 Å². The van der Waals surface area contributed by atoms with Crippen LogP contribution in [0.3, 0.4) is 0 Å². The van der Waals surface area contributed by atoms with Crippen molar-refractivity contribution < 1.29 is 0 Å². The molecule has 16 heavy (non-hydrogen) atoms. The molecule has 78 valence electrons. The van der Waals surface area contributed by atoms with Gasteiger partial charge in [-0.1, -0.05) is 23.4 Å². The molecule has 0 unspecified atom stereocenters. The summed E-state index contributed by atoms with van der Waals surface area (Å²) in [6.45, 7) is 0. The van der Waals surface area contributed by atoms with Crippen LogP contribution < -0.4 is 0 Å². The number of aromatic nitrogens is 5. The molecule has 5 nitrogen and oxygen atoms in total. The van der Waals surface area contributed by atoms with Gasteiger partial charge in [0, 0.05) is 18.1 Å². The summed E-state index contributed by atoms with van der Waals surface area (Å²) >= 11 is 0. The van der Waals surface area contributed by atoms with Gasteiger partial charge >= 0.3 is 0 Å². The smallest absolute Gasteiger partial charge is 0.166 e. The van der Waals surface area contributed by atoms with Gasteiger partial charge < -0.3 is 0 Å². The molecule has 3 aromatic rings. The Hall–Kier alpha value is -2.43. The van der Waals surface area contributed by atoms with Crippen molar-refractivity contribution in [2.24, 2.45) is 0 Å². The number of aromatic amines is 1. The molecule has 0 aliphatic rings. The summed E-state index contributed by atoms with van der Waals surface area (Å²) in [5.41, 5.74) is 1.78. The van der Waals surface area contributed by atoms with Gasteiger partial charge in [0.05, 0.1) is 6.20 Å². The van der Waals surface area contributed by atoms with E-state index < -0.39 is 0 Å². The zero-order valence-electron chi connectivity index (χ0n) is 8.41. The topological polar surface area (TPSA) is 59.4 Å². The maximum absolute atomic E-state index is 4.28. The Labute approximate surface area is 91.8 Å². The summed E-state index contributed by atoms with van der Waals surface area (Å²) in [5, 5.41) is 10.3. The molecule has 0 aliphatic carbocycles. The molecule has 0 fully saturated rings. The summed E-state index contributed by atoms with van der Waals surface area (Å²) in [6.07, 6.45) is 5.37. The van der Waals surface area contributed by atoms with Crippen molar-refractivity contribution in [2.45, 2.75) is 0 Å². The van der Waals surface area contributed by atoms with Crippen LogP contribution in [0.4, 0.5) is 0 Å². The number of imidazole rings is 1. The summed E-state index contributed by atoms with van der Waals surface area (Å²) in [4.78, 5) is 4.28. The second-order valence-corrected chi connectivity index (χ2v) is 3.32. The Balaban J connectivity index is 2.14. The quantitative estimate of drug-likeness (QED) is 0.701. The van der Waals surface area contributed by atoms with E-state index in [1.807, 2.05) is 41.1 Å². The van der Waals surface area contributed by atoms with E-state index in [9.17, 15) is 0 Å². The van der Waals surface area contributed by atoms with Crippen LogP contribution in [0, 0.1) is 0 Å². The lowest BCUT2D eigenvalue weighted by Crippen LogP contribution is -1.95. The highest BCUT2D eigenvalue weighted by molar-refractivity contribution is 5.52. The van der Waals surface area contributed by atoms with Crippen LogP contribution in [0.2, 0.25) is 0 Å². The van der Waals surface area contributed by atoms with E-state index in [0.717, 1.165) is 17.2 Å². The van der Waals surface area contributed by atoms with Crippen LogP contribution in [-0.2, 0) is 0 Å². The van der Waals surface area contributed by atoms with Gasteiger partial charge in [-0.3, -0.25) is 9.67 Å². The monoisotopic (exact) mass is 211 g/mol. The molecule has 0 spiro atoms. The fourth-order valence-electron chi connectivity index (χ4n) is 1.60. The van der Waals surface area contributed by atoms with Gasteiger partial charge in [0.25, 0.3) is 0 Å². The normalized spacial score (nSPS) is 10.5. The van der Waals surface area contributed by atoms with Gasteiger partial charge in [-0.25, -0.2) is 4.98 Å². The van der Waals surface area contributed by atoms with Crippen molar-refractivity contribution in [1.82, 2.24) is 25.0 Å². The Kier molecular flexibility index (Phi) is 2.00. The fourth-order valence-corrected chi connectivity index (χ4v) is 1.60. The second kappa shape index (κ2) is 3.62. The van der Waals surface area contributed by atoms with E-state index >= 15 is 0 Å². The number of benzene rings is 1. The first-order chi connectivity index (χ1) is 7.95. The Morgan fingerprint density at radius 3 is 2.75 bits per heavy atom. The average Bonchev–Trinajstić information content (AvgIpc) is 3.01. The van der Waals surface area contributed by atoms with E-state index in [-0.39, 0.29) is 0 Å². The maximum Gasteiger partial charge on any atom is 0.166 e. The number of nitrogens with one attached hydrogen (secondary N) is 1. The highest BCUT2D eigenvalue weighted by Crippen LogP contribution is 2.17.